The van der Waals surface area contributed by atoms with E-state index in [1.807, 2.05) is 20.8 Å². The van der Waals surface area contributed by atoms with Crippen LogP contribution in [0.3, 0.4) is 0 Å². The molecule has 3 aromatic rings. The zero-order valence-electron chi connectivity index (χ0n) is 15.6. The van der Waals surface area contributed by atoms with Crippen molar-refractivity contribution < 1.29 is 9.53 Å². The zero-order chi connectivity index (χ0) is 18.5. The van der Waals surface area contributed by atoms with Crippen LogP contribution in [-0.2, 0) is 16.0 Å². The molecule has 1 aliphatic carbocycles. The van der Waals surface area contributed by atoms with Crippen molar-refractivity contribution in [1.29, 1.82) is 0 Å². The predicted octanol–water partition coefficient (Wildman–Crippen LogP) is 4.90. The normalized spacial score (nSPS) is 20.2. The third kappa shape index (κ3) is 2.97. The minimum atomic E-state index is -0.476. The summed E-state index contributed by atoms with van der Waals surface area (Å²) in [5.41, 5.74) is 8.32. The van der Waals surface area contributed by atoms with Gasteiger partial charge < -0.3 is 10.5 Å². The van der Waals surface area contributed by atoms with E-state index in [4.69, 9.17) is 10.5 Å². The van der Waals surface area contributed by atoms with Crippen LogP contribution in [0.4, 0.5) is 0 Å². The minimum Gasteiger partial charge on any atom is -0.460 e. The van der Waals surface area contributed by atoms with E-state index in [0.717, 1.165) is 5.56 Å². The van der Waals surface area contributed by atoms with E-state index in [9.17, 15) is 4.79 Å². The number of carbonyl (C=O) groups is 1. The molecule has 0 bridgehead atoms. The Morgan fingerprint density at radius 2 is 1.73 bits per heavy atom. The second-order valence-electron chi connectivity index (χ2n) is 8.29. The first kappa shape index (κ1) is 17.0. The molecule has 1 aliphatic rings. The van der Waals surface area contributed by atoms with Crippen LogP contribution >= 0.6 is 0 Å². The van der Waals surface area contributed by atoms with Gasteiger partial charge in [0.1, 0.15) is 5.60 Å². The number of hydrogen-bond donors (Lipinski definition) is 1. The summed E-state index contributed by atoms with van der Waals surface area (Å²) in [6, 6.07) is 16.9. The molecule has 0 saturated carbocycles. The number of ether oxygens (including phenoxy) is 1. The van der Waals surface area contributed by atoms with Crippen LogP contribution in [0, 0.1) is 5.92 Å². The molecule has 0 fully saturated rings. The Morgan fingerprint density at radius 3 is 2.50 bits per heavy atom. The van der Waals surface area contributed by atoms with Gasteiger partial charge in [0.15, 0.2) is 0 Å². The highest BCUT2D eigenvalue weighted by atomic mass is 16.6. The number of rotatable bonds is 1. The van der Waals surface area contributed by atoms with Gasteiger partial charge in [0.2, 0.25) is 0 Å². The van der Waals surface area contributed by atoms with Crippen molar-refractivity contribution in [2.45, 2.75) is 45.3 Å². The van der Waals surface area contributed by atoms with Gasteiger partial charge in [-0.15, -0.1) is 0 Å². The van der Waals surface area contributed by atoms with Crippen LogP contribution in [0.25, 0.3) is 21.5 Å². The van der Waals surface area contributed by atoms with Crippen molar-refractivity contribution in [3.05, 3.63) is 59.7 Å². The smallest absolute Gasteiger partial charge is 0.309 e. The quantitative estimate of drug-likeness (QED) is 0.503. The average Bonchev–Trinajstić information content (AvgIpc) is 2.59. The molecule has 0 saturated heterocycles. The molecule has 26 heavy (non-hydrogen) atoms. The van der Waals surface area contributed by atoms with E-state index in [0.29, 0.717) is 12.8 Å². The first-order chi connectivity index (χ1) is 12.3. The summed E-state index contributed by atoms with van der Waals surface area (Å²) in [5, 5.41) is 4.88. The molecule has 0 radical (unpaired) electrons. The molecule has 0 aliphatic heterocycles. The van der Waals surface area contributed by atoms with E-state index >= 15 is 0 Å². The standard InChI is InChI=1S/C23H25NO2/c1-23(2,3)26-22(25)15-12-20-18-9-8-14-6-4-5-7-16(14)17(18)10-11-19(20)21(24)13-15/h4-11,15,21H,12-13,24H2,1-3H3. The maximum atomic E-state index is 12.6. The van der Waals surface area contributed by atoms with E-state index in [2.05, 4.69) is 48.5 Å². The molecular weight excluding hydrogens is 322 g/mol. The SMILES string of the molecule is CC(C)(C)OC(=O)C1Cc2c(ccc3c2ccc2ccccc23)C(N)C1. The van der Waals surface area contributed by atoms with Crippen LogP contribution in [-0.4, -0.2) is 11.6 Å². The summed E-state index contributed by atoms with van der Waals surface area (Å²) in [7, 11) is 0. The van der Waals surface area contributed by atoms with Gasteiger partial charge in [0.05, 0.1) is 5.92 Å². The van der Waals surface area contributed by atoms with E-state index in [1.165, 1.54) is 27.1 Å². The number of carbonyl (C=O) groups excluding carboxylic acids is 1. The number of hydrogen-bond acceptors (Lipinski definition) is 3. The number of nitrogens with two attached hydrogens (primary N) is 1. The molecule has 2 atom stereocenters. The lowest BCUT2D eigenvalue weighted by atomic mass is 9.78. The van der Waals surface area contributed by atoms with Crippen LogP contribution in [0.15, 0.2) is 48.5 Å². The summed E-state index contributed by atoms with van der Waals surface area (Å²) in [4.78, 5) is 12.6. The number of esters is 1. The Bertz CT molecular complexity index is 1000. The highest BCUT2D eigenvalue weighted by Gasteiger charge is 2.33. The molecule has 2 N–H and O–H groups in total. The fourth-order valence-corrected chi connectivity index (χ4v) is 4.07. The van der Waals surface area contributed by atoms with Crippen LogP contribution in [0.5, 0.6) is 0 Å². The topological polar surface area (TPSA) is 52.3 Å². The van der Waals surface area contributed by atoms with Crippen molar-refractivity contribution >= 4 is 27.5 Å². The summed E-state index contributed by atoms with van der Waals surface area (Å²) < 4.78 is 5.63. The van der Waals surface area contributed by atoms with Gasteiger partial charge in [-0.3, -0.25) is 4.79 Å². The van der Waals surface area contributed by atoms with Gasteiger partial charge in [-0.1, -0.05) is 48.5 Å². The van der Waals surface area contributed by atoms with Gasteiger partial charge >= 0.3 is 5.97 Å². The summed E-state index contributed by atoms with van der Waals surface area (Å²) >= 11 is 0. The van der Waals surface area contributed by atoms with Gasteiger partial charge in [-0.25, -0.2) is 0 Å². The number of fused-ring (bicyclic) bond motifs is 5. The van der Waals surface area contributed by atoms with E-state index in [-0.39, 0.29) is 17.9 Å². The fraction of sp³-hybridized carbons (Fsp3) is 0.348. The van der Waals surface area contributed by atoms with Crippen molar-refractivity contribution in [1.82, 2.24) is 0 Å². The highest BCUT2D eigenvalue weighted by Crippen LogP contribution is 2.39. The molecule has 3 nitrogen and oxygen atoms in total. The van der Waals surface area contributed by atoms with Gasteiger partial charge in [0, 0.05) is 6.04 Å². The lowest BCUT2D eigenvalue weighted by molar-refractivity contribution is -0.160. The first-order valence-corrected chi connectivity index (χ1v) is 9.25. The molecule has 2 unspecified atom stereocenters. The van der Waals surface area contributed by atoms with Crippen molar-refractivity contribution in [2.24, 2.45) is 11.7 Å². The molecule has 134 valence electrons. The maximum Gasteiger partial charge on any atom is 0.309 e. The maximum absolute atomic E-state index is 12.6. The molecule has 3 aromatic carbocycles. The van der Waals surface area contributed by atoms with E-state index < -0.39 is 5.60 Å². The molecule has 0 aromatic heterocycles. The second kappa shape index (κ2) is 6.10. The average molecular weight is 347 g/mol. The van der Waals surface area contributed by atoms with Crippen LogP contribution < -0.4 is 5.73 Å². The van der Waals surface area contributed by atoms with Crippen molar-refractivity contribution in [3.8, 4) is 0 Å². The van der Waals surface area contributed by atoms with Crippen molar-refractivity contribution in [3.63, 3.8) is 0 Å². The Labute approximate surface area is 154 Å². The molecule has 3 heteroatoms. The van der Waals surface area contributed by atoms with Gasteiger partial charge in [0.25, 0.3) is 0 Å². The zero-order valence-corrected chi connectivity index (χ0v) is 15.6. The summed E-state index contributed by atoms with van der Waals surface area (Å²) in [6.07, 6.45) is 1.33. The second-order valence-corrected chi connectivity index (χ2v) is 8.29. The molecular formula is C23H25NO2. The lowest BCUT2D eigenvalue weighted by Crippen LogP contribution is -2.34. The first-order valence-electron chi connectivity index (χ1n) is 9.25. The number of benzene rings is 3. The predicted molar refractivity (Wildman–Crippen MR) is 106 cm³/mol. The highest BCUT2D eigenvalue weighted by molar-refractivity contribution is 6.08. The largest absolute Gasteiger partial charge is 0.460 e. The van der Waals surface area contributed by atoms with Crippen molar-refractivity contribution in [2.75, 3.05) is 0 Å². The minimum absolute atomic E-state index is 0.132. The molecule has 4 rings (SSSR count). The summed E-state index contributed by atoms with van der Waals surface area (Å²) in [5.74, 6) is -0.329. The molecule has 0 spiro atoms. The van der Waals surface area contributed by atoms with Gasteiger partial charge in [-0.2, -0.15) is 0 Å². The fourth-order valence-electron chi connectivity index (χ4n) is 4.07. The third-order valence-electron chi connectivity index (χ3n) is 5.20. The monoisotopic (exact) mass is 347 g/mol. The Morgan fingerprint density at radius 1 is 1.00 bits per heavy atom. The third-order valence-corrected chi connectivity index (χ3v) is 5.20. The lowest BCUT2D eigenvalue weighted by Gasteiger charge is -2.31. The molecule has 0 heterocycles. The van der Waals surface area contributed by atoms with E-state index in [1.54, 1.807) is 0 Å². The van der Waals surface area contributed by atoms with Crippen LogP contribution in [0.2, 0.25) is 0 Å². The Balaban J connectivity index is 1.81. The van der Waals surface area contributed by atoms with Crippen LogP contribution in [0.1, 0.15) is 44.4 Å². The Kier molecular flexibility index (Phi) is 4.00. The molecule has 0 amide bonds. The van der Waals surface area contributed by atoms with Gasteiger partial charge in [-0.05, 0) is 66.3 Å². The summed E-state index contributed by atoms with van der Waals surface area (Å²) in [6.45, 7) is 5.72. The Hall–Kier alpha value is -2.39.